The van der Waals surface area contributed by atoms with Crippen molar-refractivity contribution in [3.8, 4) is 0 Å². The molecule has 7 nitrogen and oxygen atoms in total. The average Bonchev–Trinajstić information content (AvgIpc) is 3.45. The molecule has 1 fully saturated rings. The number of imidazole rings is 1. The number of sulfonamides is 1. The number of aromatic nitrogens is 3. The van der Waals surface area contributed by atoms with Gasteiger partial charge in [0.1, 0.15) is 0 Å². The molecule has 3 aromatic heterocycles. The van der Waals surface area contributed by atoms with E-state index in [1.54, 1.807) is 21.2 Å². The Morgan fingerprint density at radius 2 is 2.07 bits per heavy atom. The Hall–Kier alpha value is -1.59. The van der Waals surface area contributed by atoms with Crippen molar-refractivity contribution in [1.29, 1.82) is 0 Å². The summed E-state index contributed by atoms with van der Waals surface area (Å²) in [5.41, 5.74) is 2.44. The number of benzene rings is 1. The van der Waals surface area contributed by atoms with Crippen molar-refractivity contribution in [2.24, 2.45) is 0 Å². The lowest BCUT2D eigenvalue weighted by atomic mass is 10.1. The summed E-state index contributed by atoms with van der Waals surface area (Å²) in [6.45, 7) is 3.31. The highest BCUT2D eigenvalue weighted by Crippen LogP contribution is 2.33. The predicted octanol–water partition coefficient (Wildman–Crippen LogP) is 4.60. The van der Waals surface area contributed by atoms with E-state index in [1.807, 2.05) is 18.3 Å². The minimum Gasteiger partial charge on any atom is -0.303 e. The highest BCUT2D eigenvalue weighted by atomic mass is 79.9. The van der Waals surface area contributed by atoms with Crippen molar-refractivity contribution in [3.05, 3.63) is 46.7 Å². The minimum absolute atomic E-state index is 0.0398. The Morgan fingerprint density at radius 1 is 1.27 bits per heavy atom. The first-order valence-corrected chi connectivity index (χ1v) is 13.0. The Balaban J connectivity index is 1.50. The number of likely N-dealkylation sites (tertiary alicyclic amines) is 1. The van der Waals surface area contributed by atoms with Gasteiger partial charge in [0.05, 0.1) is 27.4 Å². The van der Waals surface area contributed by atoms with Crippen molar-refractivity contribution in [1.82, 2.24) is 17.9 Å². The molecule has 4 aromatic rings. The van der Waals surface area contributed by atoms with Gasteiger partial charge in [0.15, 0.2) is 15.1 Å². The van der Waals surface area contributed by atoms with Gasteiger partial charge in [0.25, 0.3) is 10.0 Å². The summed E-state index contributed by atoms with van der Waals surface area (Å²) in [6.07, 6.45) is 7.11. The van der Waals surface area contributed by atoms with E-state index in [0.717, 1.165) is 37.0 Å². The lowest BCUT2D eigenvalue weighted by Gasteiger charge is -2.13. The van der Waals surface area contributed by atoms with Crippen LogP contribution in [0.5, 0.6) is 0 Å². The van der Waals surface area contributed by atoms with Crippen LogP contribution in [0.3, 0.4) is 0 Å². The topological polar surface area (TPSA) is 71.6 Å². The number of hydrogen-bond acceptors (Lipinski definition) is 5. The standard InChI is InChI=1S/C19H19BrClN5O2S2/c20-26-12-13(6-9-24-7-1-2-8-24)14-4-3-5-15(16(14)26)23-30(27,28)18-17(21)22-19-25(18)10-11-29-19/h3-5,10-12,23H,1-2,6-9H2. The van der Waals surface area contributed by atoms with Crippen LogP contribution in [0.25, 0.3) is 15.9 Å². The second kappa shape index (κ2) is 7.83. The molecule has 0 radical (unpaired) electrons. The molecule has 1 N–H and O–H groups in total. The molecular formula is C19H19BrClN5O2S2. The Morgan fingerprint density at radius 3 is 2.87 bits per heavy atom. The fourth-order valence-corrected chi connectivity index (χ4v) is 7.19. The molecule has 4 heterocycles. The molecule has 0 aliphatic carbocycles. The smallest absolute Gasteiger partial charge is 0.281 e. The summed E-state index contributed by atoms with van der Waals surface area (Å²) in [5.74, 6) is 0. The molecule has 1 aliphatic heterocycles. The van der Waals surface area contributed by atoms with Crippen molar-refractivity contribution in [3.63, 3.8) is 0 Å². The third-order valence-corrected chi connectivity index (χ3v) is 8.52. The number of fused-ring (bicyclic) bond motifs is 2. The van der Waals surface area contributed by atoms with Crippen molar-refractivity contribution in [2.75, 3.05) is 24.4 Å². The Bertz CT molecular complexity index is 1340. The predicted molar refractivity (Wildman–Crippen MR) is 125 cm³/mol. The molecule has 11 heteroatoms. The van der Waals surface area contributed by atoms with Crippen LogP contribution in [0.2, 0.25) is 5.15 Å². The number of nitrogens with zero attached hydrogens (tertiary/aromatic N) is 4. The molecule has 0 amide bonds. The number of hydrogen-bond donors (Lipinski definition) is 1. The summed E-state index contributed by atoms with van der Waals surface area (Å²) >= 11 is 11.0. The molecule has 0 unspecified atom stereocenters. The second-order valence-electron chi connectivity index (χ2n) is 7.33. The zero-order valence-electron chi connectivity index (χ0n) is 15.9. The zero-order valence-corrected chi connectivity index (χ0v) is 19.9. The molecule has 1 saturated heterocycles. The highest BCUT2D eigenvalue weighted by Gasteiger charge is 2.26. The lowest BCUT2D eigenvalue weighted by molar-refractivity contribution is 0.344. The van der Waals surface area contributed by atoms with Gasteiger partial charge >= 0.3 is 0 Å². The summed E-state index contributed by atoms with van der Waals surface area (Å²) in [6, 6.07) is 5.64. The maximum absolute atomic E-state index is 13.2. The first-order chi connectivity index (χ1) is 14.4. The molecule has 0 spiro atoms. The van der Waals surface area contributed by atoms with Crippen molar-refractivity contribution in [2.45, 2.75) is 24.3 Å². The van der Waals surface area contributed by atoms with E-state index in [4.69, 9.17) is 11.6 Å². The molecule has 5 rings (SSSR count). The normalized spacial score (nSPS) is 15.5. The van der Waals surface area contributed by atoms with Gasteiger partial charge in [0, 0.05) is 29.7 Å². The molecule has 158 valence electrons. The monoisotopic (exact) mass is 527 g/mol. The fourth-order valence-electron chi connectivity index (χ4n) is 4.04. The van der Waals surface area contributed by atoms with Gasteiger partial charge in [0.2, 0.25) is 0 Å². The van der Waals surface area contributed by atoms with Gasteiger partial charge in [-0.25, -0.2) is 4.98 Å². The van der Waals surface area contributed by atoms with Crippen molar-refractivity contribution >= 4 is 70.7 Å². The molecule has 30 heavy (non-hydrogen) atoms. The molecule has 1 aromatic carbocycles. The van der Waals surface area contributed by atoms with Crippen LogP contribution in [0, 0.1) is 0 Å². The quantitative estimate of drug-likeness (QED) is 0.397. The van der Waals surface area contributed by atoms with Gasteiger partial charge in [-0.05, 0) is 44.0 Å². The van der Waals surface area contributed by atoms with Crippen LogP contribution >= 0.6 is 39.1 Å². The molecule has 0 bridgehead atoms. The number of halogens is 2. The van der Waals surface area contributed by atoms with Gasteiger partial charge < -0.3 is 4.90 Å². The average molecular weight is 529 g/mol. The largest absolute Gasteiger partial charge is 0.303 e. The van der Waals surface area contributed by atoms with Crippen LogP contribution < -0.4 is 4.72 Å². The Labute approximate surface area is 191 Å². The van der Waals surface area contributed by atoms with Crippen LogP contribution in [0.4, 0.5) is 5.69 Å². The van der Waals surface area contributed by atoms with Gasteiger partial charge in [-0.15, -0.1) is 11.3 Å². The zero-order chi connectivity index (χ0) is 20.9. The van der Waals surface area contributed by atoms with E-state index < -0.39 is 10.0 Å². The number of anilines is 1. The number of para-hydroxylation sites is 1. The van der Waals surface area contributed by atoms with Crippen LogP contribution in [0.15, 0.2) is 41.0 Å². The van der Waals surface area contributed by atoms with E-state index in [2.05, 4.69) is 30.8 Å². The summed E-state index contributed by atoms with van der Waals surface area (Å²) < 4.78 is 32.3. The summed E-state index contributed by atoms with van der Waals surface area (Å²) in [4.78, 5) is 7.14. The minimum atomic E-state index is -3.94. The first-order valence-electron chi connectivity index (χ1n) is 9.59. The maximum Gasteiger partial charge on any atom is 0.281 e. The van der Waals surface area contributed by atoms with E-state index in [9.17, 15) is 8.42 Å². The summed E-state index contributed by atoms with van der Waals surface area (Å²) in [5, 5.41) is 2.70. The third kappa shape index (κ3) is 3.54. The highest BCUT2D eigenvalue weighted by molar-refractivity contribution is 9.08. The van der Waals surface area contributed by atoms with Crippen LogP contribution in [-0.4, -0.2) is 45.9 Å². The lowest BCUT2D eigenvalue weighted by Crippen LogP contribution is -2.21. The fraction of sp³-hybridized carbons (Fsp3) is 0.316. The van der Waals surface area contributed by atoms with Crippen LogP contribution in [-0.2, 0) is 16.4 Å². The number of rotatable bonds is 6. The van der Waals surface area contributed by atoms with E-state index in [1.165, 1.54) is 34.1 Å². The molecular weight excluding hydrogens is 510 g/mol. The van der Waals surface area contributed by atoms with Gasteiger partial charge in [-0.1, -0.05) is 23.7 Å². The van der Waals surface area contributed by atoms with E-state index in [-0.39, 0.29) is 10.2 Å². The Kier molecular flexibility index (Phi) is 5.30. The molecule has 0 atom stereocenters. The maximum atomic E-state index is 13.2. The van der Waals surface area contributed by atoms with E-state index >= 15 is 0 Å². The van der Waals surface area contributed by atoms with Crippen LogP contribution in [0.1, 0.15) is 18.4 Å². The SMILES string of the molecule is O=S(=O)(Nc1cccc2c(CCN3CCCC3)cn(Br)c12)c1c(Cl)nc2sccn12. The van der Waals surface area contributed by atoms with E-state index in [0.29, 0.717) is 10.6 Å². The second-order valence-corrected chi connectivity index (χ2v) is 10.9. The van der Waals surface area contributed by atoms with Gasteiger partial charge in [-0.2, -0.15) is 8.42 Å². The first kappa shape index (κ1) is 20.3. The third-order valence-electron chi connectivity index (χ3n) is 5.44. The van der Waals surface area contributed by atoms with Gasteiger partial charge in [-0.3, -0.25) is 12.7 Å². The number of nitrogens with one attached hydrogen (secondary N) is 1. The molecule has 0 saturated carbocycles. The van der Waals surface area contributed by atoms with Crippen molar-refractivity contribution < 1.29 is 8.42 Å². The number of thiazole rings is 1. The summed E-state index contributed by atoms with van der Waals surface area (Å²) in [7, 11) is -3.94. The molecule has 1 aliphatic rings.